The van der Waals surface area contributed by atoms with Crippen LogP contribution in [0.5, 0.6) is 0 Å². The van der Waals surface area contributed by atoms with Crippen LogP contribution < -0.4 is 5.32 Å². The van der Waals surface area contributed by atoms with Crippen molar-refractivity contribution in [1.29, 1.82) is 0 Å². The highest BCUT2D eigenvalue weighted by molar-refractivity contribution is 5.79. The summed E-state index contributed by atoms with van der Waals surface area (Å²) in [5.41, 5.74) is 1.02. The third-order valence-electron chi connectivity index (χ3n) is 6.90. The lowest BCUT2D eigenvalue weighted by atomic mass is 9.72. The molecule has 0 aromatic heterocycles. The van der Waals surface area contributed by atoms with Crippen molar-refractivity contribution in [2.24, 2.45) is 11.8 Å². The Bertz CT molecular complexity index is 711. The van der Waals surface area contributed by atoms with Gasteiger partial charge in [0.15, 0.2) is 0 Å². The zero-order chi connectivity index (χ0) is 20.2. The second kappa shape index (κ2) is 9.26. The Hall–Kier alpha value is -1.92. The number of hydrogen-bond donors (Lipinski definition) is 1. The number of fused-ring (bicyclic) bond motifs is 4. The van der Waals surface area contributed by atoms with Gasteiger partial charge in [0, 0.05) is 45.8 Å². The molecule has 6 nitrogen and oxygen atoms in total. The fourth-order valence-corrected chi connectivity index (χ4v) is 5.60. The van der Waals surface area contributed by atoms with Crippen LogP contribution in [0.4, 0.5) is 0 Å². The predicted molar refractivity (Wildman–Crippen MR) is 111 cm³/mol. The standard InChI is InChI=1S/C23H33N3O3/c1-29-11-10-25-15-18-13-19(16-25)21(26-20(18)8-5-9-23(26)28)14-24-22(27)12-17-6-3-2-4-7-17/h2-4,6-7,18-21H,5,8-16H2,1H3,(H,24,27)/t18-,19+,20+,21+/m1/s1. The summed E-state index contributed by atoms with van der Waals surface area (Å²) in [6, 6.07) is 10.3. The van der Waals surface area contributed by atoms with Gasteiger partial charge in [-0.25, -0.2) is 0 Å². The number of piperidine rings is 3. The van der Waals surface area contributed by atoms with Crippen LogP contribution in [0.3, 0.4) is 0 Å². The lowest BCUT2D eigenvalue weighted by Gasteiger charge is -2.56. The topological polar surface area (TPSA) is 61.9 Å². The van der Waals surface area contributed by atoms with E-state index in [0.29, 0.717) is 37.3 Å². The number of likely N-dealkylation sites (tertiary alicyclic amines) is 1. The van der Waals surface area contributed by atoms with Crippen molar-refractivity contribution in [3.05, 3.63) is 35.9 Å². The number of hydrogen-bond acceptors (Lipinski definition) is 4. The lowest BCUT2D eigenvalue weighted by molar-refractivity contribution is -0.153. The third-order valence-corrected chi connectivity index (χ3v) is 6.90. The lowest BCUT2D eigenvalue weighted by Crippen LogP contribution is -2.67. The van der Waals surface area contributed by atoms with Crippen LogP contribution in [0.15, 0.2) is 30.3 Å². The van der Waals surface area contributed by atoms with E-state index in [-0.39, 0.29) is 17.9 Å². The molecule has 2 bridgehead atoms. The van der Waals surface area contributed by atoms with Crippen LogP contribution >= 0.6 is 0 Å². The van der Waals surface area contributed by atoms with Crippen molar-refractivity contribution in [2.75, 3.05) is 39.9 Å². The van der Waals surface area contributed by atoms with Gasteiger partial charge in [-0.05, 0) is 36.7 Å². The van der Waals surface area contributed by atoms with E-state index in [1.54, 1.807) is 7.11 Å². The summed E-state index contributed by atoms with van der Waals surface area (Å²) in [7, 11) is 1.75. The van der Waals surface area contributed by atoms with E-state index in [1.165, 1.54) is 0 Å². The van der Waals surface area contributed by atoms with E-state index < -0.39 is 0 Å². The van der Waals surface area contributed by atoms with Crippen LogP contribution in [0.25, 0.3) is 0 Å². The number of carbonyl (C=O) groups excluding carboxylic acids is 2. The summed E-state index contributed by atoms with van der Waals surface area (Å²) in [5.74, 6) is 1.28. The van der Waals surface area contributed by atoms with Crippen molar-refractivity contribution in [3.63, 3.8) is 0 Å². The van der Waals surface area contributed by atoms with Gasteiger partial charge in [-0.15, -0.1) is 0 Å². The molecule has 0 radical (unpaired) electrons. The summed E-state index contributed by atoms with van der Waals surface area (Å²) in [5, 5.41) is 3.14. The van der Waals surface area contributed by atoms with E-state index in [4.69, 9.17) is 4.74 Å². The van der Waals surface area contributed by atoms with Crippen LogP contribution in [0.1, 0.15) is 31.2 Å². The van der Waals surface area contributed by atoms with Crippen molar-refractivity contribution >= 4 is 11.8 Å². The molecule has 1 aromatic rings. The van der Waals surface area contributed by atoms with Gasteiger partial charge in [-0.3, -0.25) is 9.59 Å². The first-order chi connectivity index (χ1) is 14.2. The SMILES string of the molecule is COCCN1C[C@H]2C[C@@H](C1)[C@H](CNC(=O)Cc1ccccc1)N1C(=O)CCC[C@@H]21. The highest BCUT2D eigenvalue weighted by Crippen LogP contribution is 2.41. The highest BCUT2D eigenvalue weighted by Gasteiger charge is 2.49. The fraction of sp³-hybridized carbons (Fsp3) is 0.652. The van der Waals surface area contributed by atoms with E-state index in [1.807, 2.05) is 30.3 Å². The molecule has 1 N–H and O–H groups in total. The number of ether oxygens (including phenoxy) is 1. The van der Waals surface area contributed by atoms with E-state index in [9.17, 15) is 9.59 Å². The van der Waals surface area contributed by atoms with Gasteiger partial charge in [-0.2, -0.15) is 0 Å². The van der Waals surface area contributed by atoms with Crippen LogP contribution in [0, 0.1) is 11.8 Å². The molecule has 0 saturated carbocycles. The molecule has 0 unspecified atom stereocenters. The van der Waals surface area contributed by atoms with Gasteiger partial charge in [0.05, 0.1) is 19.1 Å². The second-order valence-electron chi connectivity index (χ2n) is 8.80. The highest BCUT2D eigenvalue weighted by atomic mass is 16.5. The Morgan fingerprint density at radius 1 is 1.21 bits per heavy atom. The molecule has 0 spiro atoms. The van der Waals surface area contributed by atoms with E-state index >= 15 is 0 Å². The molecule has 6 heteroatoms. The van der Waals surface area contributed by atoms with E-state index in [2.05, 4.69) is 15.1 Å². The average molecular weight is 400 g/mol. The summed E-state index contributed by atoms with van der Waals surface area (Å²) in [4.78, 5) is 30.0. The Morgan fingerprint density at radius 2 is 2.00 bits per heavy atom. The molecular weight excluding hydrogens is 366 g/mol. The smallest absolute Gasteiger partial charge is 0.224 e. The number of nitrogens with zero attached hydrogens (tertiary/aromatic N) is 2. The maximum absolute atomic E-state index is 12.8. The Kier molecular flexibility index (Phi) is 6.50. The quantitative estimate of drug-likeness (QED) is 0.758. The molecule has 0 aliphatic carbocycles. The molecule has 29 heavy (non-hydrogen) atoms. The number of methoxy groups -OCH3 is 1. The number of rotatable bonds is 7. The largest absolute Gasteiger partial charge is 0.383 e. The molecule has 4 rings (SSSR count). The number of carbonyl (C=O) groups is 2. The minimum absolute atomic E-state index is 0.0337. The summed E-state index contributed by atoms with van der Waals surface area (Å²) in [6.45, 7) is 4.28. The van der Waals surface area contributed by atoms with E-state index in [0.717, 1.165) is 51.1 Å². The first kappa shape index (κ1) is 20.4. The molecule has 2 amide bonds. The summed E-state index contributed by atoms with van der Waals surface area (Å²) >= 11 is 0. The first-order valence-corrected chi connectivity index (χ1v) is 11.0. The Labute approximate surface area is 173 Å². The van der Waals surface area contributed by atoms with Crippen molar-refractivity contribution in [2.45, 2.75) is 44.2 Å². The molecule has 3 aliphatic rings. The molecule has 158 valence electrons. The van der Waals surface area contributed by atoms with Crippen LogP contribution in [-0.2, 0) is 20.7 Å². The maximum Gasteiger partial charge on any atom is 0.224 e. The minimum Gasteiger partial charge on any atom is -0.383 e. The zero-order valence-corrected chi connectivity index (χ0v) is 17.4. The van der Waals surface area contributed by atoms with Crippen LogP contribution in [-0.4, -0.2) is 73.6 Å². The van der Waals surface area contributed by atoms with Gasteiger partial charge in [0.2, 0.25) is 11.8 Å². The Balaban J connectivity index is 1.44. The third kappa shape index (κ3) is 4.64. The second-order valence-corrected chi connectivity index (χ2v) is 8.80. The van der Waals surface area contributed by atoms with Gasteiger partial charge < -0.3 is 19.9 Å². The van der Waals surface area contributed by atoms with Gasteiger partial charge in [0.25, 0.3) is 0 Å². The normalized spacial score (nSPS) is 29.4. The molecule has 3 aliphatic heterocycles. The van der Waals surface area contributed by atoms with Gasteiger partial charge in [0.1, 0.15) is 0 Å². The van der Waals surface area contributed by atoms with Gasteiger partial charge >= 0.3 is 0 Å². The summed E-state index contributed by atoms with van der Waals surface area (Å²) in [6.07, 6.45) is 4.29. The number of benzene rings is 1. The van der Waals surface area contributed by atoms with Crippen molar-refractivity contribution < 1.29 is 14.3 Å². The average Bonchev–Trinajstić information content (AvgIpc) is 2.73. The number of nitrogens with one attached hydrogen (secondary N) is 1. The van der Waals surface area contributed by atoms with Crippen molar-refractivity contribution in [1.82, 2.24) is 15.1 Å². The molecular formula is C23H33N3O3. The molecule has 4 atom stereocenters. The zero-order valence-electron chi connectivity index (χ0n) is 17.4. The summed E-state index contributed by atoms with van der Waals surface area (Å²) < 4.78 is 5.29. The first-order valence-electron chi connectivity index (χ1n) is 11.0. The Morgan fingerprint density at radius 3 is 2.79 bits per heavy atom. The molecule has 3 fully saturated rings. The maximum atomic E-state index is 12.8. The minimum atomic E-state index is 0.0337. The molecule has 3 heterocycles. The van der Waals surface area contributed by atoms with Crippen LogP contribution in [0.2, 0.25) is 0 Å². The monoisotopic (exact) mass is 399 g/mol. The predicted octanol–water partition coefficient (Wildman–Crippen LogP) is 1.69. The van der Waals surface area contributed by atoms with Gasteiger partial charge in [-0.1, -0.05) is 30.3 Å². The molecule has 1 aromatic carbocycles. The fourth-order valence-electron chi connectivity index (χ4n) is 5.60. The number of amides is 2. The van der Waals surface area contributed by atoms with Crippen molar-refractivity contribution in [3.8, 4) is 0 Å². The molecule has 3 saturated heterocycles.